The Morgan fingerprint density at radius 2 is 1.28 bits per heavy atom. The topological polar surface area (TPSA) is 43.2 Å². The van der Waals surface area contributed by atoms with Crippen LogP contribution in [0.15, 0.2) is 174 Å². The van der Waals surface area contributed by atoms with E-state index < -0.39 is 5.41 Å². The molecule has 0 bridgehead atoms. The minimum Gasteiger partial charge on any atom is -0.455 e. The smallest absolute Gasteiger partial charge is 0.148 e. The quantitative estimate of drug-likeness (QED) is 0.166. The fourth-order valence-electron chi connectivity index (χ4n) is 9.10. The van der Waals surface area contributed by atoms with E-state index in [0.717, 1.165) is 77.7 Å². The molecule has 3 aromatic heterocycles. The molecule has 7 heteroatoms. The van der Waals surface area contributed by atoms with Gasteiger partial charge in [0.1, 0.15) is 16.7 Å². The maximum Gasteiger partial charge on any atom is 0.148 e. The van der Waals surface area contributed by atoms with Gasteiger partial charge in [-0.2, -0.15) is 0 Å². The molecule has 12 rings (SSSR count). The number of benzene rings is 6. The molecule has 1 spiro atoms. The van der Waals surface area contributed by atoms with E-state index in [1.54, 1.807) is 11.8 Å². The van der Waals surface area contributed by atoms with Gasteiger partial charge in [0.05, 0.1) is 44.1 Å². The first-order chi connectivity index (χ1) is 26.7. The van der Waals surface area contributed by atoms with Gasteiger partial charge in [0, 0.05) is 44.4 Å². The molecule has 0 saturated carbocycles. The zero-order chi connectivity index (χ0) is 35.5. The molecule has 5 nitrogen and oxygen atoms in total. The van der Waals surface area contributed by atoms with E-state index in [4.69, 9.17) is 26.3 Å². The van der Waals surface area contributed by atoms with Crippen molar-refractivity contribution in [2.24, 2.45) is 0 Å². The predicted octanol–water partition coefficient (Wildman–Crippen LogP) is 12.6. The van der Waals surface area contributed by atoms with E-state index in [1.165, 1.54) is 21.8 Å². The standard InChI is InChI=1S/C47H27ClN4OS/c48-42-25-23-34-44(50-42)43-33(16-10-26-49-43)47(34)32-15-3-7-20-40(32)53-45-35(47)22-24-39-46(45)54-41-21-8-6-19-38(41)52(39)29-12-9-11-28(27-29)51-36-17-4-1-13-30(36)31-14-2-5-18-37(31)51/h1-27H. The van der Waals surface area contributed by atoms with Crippen LogP contribution in [0.1, 0.15) is 22.3 Å². The molecule has 1 atom stereocenters. The molecule has 1 aliphatic carbocycles. The van der Waals surface area contributed by atoms with Crippen molar-refractivity contribution in [3.63, 3.8) is 0 Å². The molecule has 0 amide bonds. The molecule has 0 N–H and O–H groups in total. The predicted molar refractivity (Wildman–Crippen MR) is 218 cm³/mol. The van der Waals surface area contributed by atoms with Gasteiger partial charge in [-0.25, -0.2) is 4.98 Å². The first kappa shape index (κ1) is 30.2. The average molecular weight is 731 g/mol. The molecular formula is C47H27ClN4OS. The highest BCUT2D eigenvalue weighted by Gasteiger charge is 2.53. The van der Waals surface area contributed by atoms with Crippen LogP contribution in [-0.2, 0) is 5.41 Å². The molecule has 0 saturated heterocycles. The number of pyridine rings is 2. The van der Waals surface area contributed by atoms with Crippen LogP contribution in [0.3, 0.4) is 0 Å². The monoisotopic (exact) mass is 730 g/mol. The minimum absolute atomic E-state index is 0.444. The number of hydrogen-bond donors (Lipinski definition) is 0. The molecule has 3 aliphatic rings. The fourth-order valence-corrected chi connectivity index (χ4v) is 10.4. The Kier molecular flexibility index (Phi) is 6.19. The molecule has 5 heterocycles. The number of halogens is 1. The lowest BCUT2D eigenvalue weighted by Gasteiger charge is -2.41. The molecule has 254 valence electrons. The Morgan fingerprint density at radius 1 is 0.574 bits per heavy atom. The van der Waals surface area contributed by atoms with Gasteiger partial charge in [0.2, 0.25) is 0 Å². The Balaban J connectivity index is 1.11. The first-order valence-electron chi connectivity index (χ1n) is 17.9. The van der Waals surface area contributed by atoms with Crippen molar-refractivity contribution < 1.29 is 4.74 Å². The number of fused-ring (bicyclic) bond motifs is 15. The number of ether oxygens (including phenoxy) is 1. The number of aromatic nitrogens is 3. The van der Waals surface area contributed by atoms with E-state index in [9.17, 15) is 0 Å². The highest BCUT2D eigenvalue weighted by atomic mass is 35.5. The van der Waals surface area contributed by atoms with Crippen LogP contribution < -0.4 is 9.64 Å². The molecule has 9 aromatic rings. The lowest BCUT2D eigenvalue weighted by atomic mass is 9.66. The summed E-state index contributed by atoms with van der Waals surface area (Å²) in [5.41, 5.74) is 11.9. The lowest BCUT2D eigenvalue weighted by Crippen LogP contribution is -2.33. The van der Waals surface area contributed by atoms with Gasteiger partial charge in [-0.1, -0.05) is 114 Å². The van der Waals surface area contributed by atoms with Gasteiger partial charge >= 0.3 is 0 Å². The van der Waals surface area contributed by atoms with Gasteiger partial charge < -0.3 is 14.2 Å². The fraction of sp³-hybridized carbons (Fsp3) is 0.0213. The highest BCUT2D eigenvalue weighted by Crippen LogP contribution is 2.65. The van der Waals surface area contributed by atoms with Crippen LogP contribution >= 0.6 is 23.4 Å². The summed E-state index contributed by atoms with van der Waals surface area (Å²) in [6.45, 7) is 0. The number of anilines is 3. The van der Waals surface area contributed by atoms with Crippen LogP contribution in [-0.4, -0.2) is 14.5 Å². The van der Waals surface area contributed by atoms with E-state index in [1.807, 2.05) is 24.4 Å². The maximum absolute atomic E-state index is 7.08. The third kappa shape index (κ3) is 3.91. The van der Waals surface area contributed by atoms with Gasteiger partial charge in [0.15, 0.2) is 0 Å². The Hall–Kier alpha value is -6.34. The Labute approximate surface area is 320 Å². The van der Waals surface area contributed by atoms with Gasteiger partial charge in [0.25, 0.3) is 0 Å². The lowest BCUT2D eigenvalue weighted by molar-refractivity contribution is 0.426. The van der Waals surface area contributed by atoms with Crippen molar-refractivity contribution in [1.29, 1.82) is 0 Å². The van der Waals surface area contributed by atoms with Crippen molar-refractivity contribution in [1.82, 2.24) is 14.5 Å². The molecule has 0 radical (unpaired) electrons. The number of rotatable bonds is 2. The second kappa shape index (κ2) is 11.1. The van der Waals surface area contributed by atoms with Crippen molar-refractivity contribution in [3.05, 3.63) is 191 Å². The number of para-hydroxylation sites is 4. The number of nitrogens with zero attached hydrogens (tertiary/aromatic N) is 4. The molecular weight excluding hydrogens is 704 g/mol. The van der Waals surface area contributed by atoms with E-state index in [-0.39, 0.29) is 0 Å². The van der Waals surface area contributed by atoms with Crippen molar-refractivity contribution >= 4 is 62.2 Å². The Morgan fingerprint density at radius 3 is 2.15 bits per heavy atom. The third-order valence-electron chi connectivity index (χ3n) is 11.2. The summed E-state index contributed by atoms with van der Waals surface area (Å²) < 4.78 is 9.45. The van der Waals surface area contributed by atoms with Crippen LogP contribution in [0.5, 0.6) is 11.5 Å². The van der Waals surface area contributed by atoms with Gasteiger partial charge in [-0.05, 0) is 77.9 Å². The zero-order valence-electron chi connectivity index (χ0n) is 28.6. The maximum atomic E-state index is 7.08. The SMILES string of the molecule is Clc1ccc2c(n1)-c1ncccc1C21c2ccccc2Oc2c1ccc1c2Sc2ccccc2N1c1cccc(-n2c3ccccc3c3ccccc32)c1. The summed E-state index contributed by atoms with van der Waals surface area (Å²) >= 11 is 8.32. The van der Waals surface area contributed by atoms with Crippen molar-refractivity contribution in [3.8, 4) is 28.6 Å². The highest BCUT2D eigenvalue weighted by molar-refractivity contribution is 7.99. The van der Waals surface area contributed by atoms with E-state index >= 15 is 0 Å². The summed E-state index contributed by atoms with van der Waals surface area (Å²) in [5.74, 6) is 1.65. The summed E-state index contributed by atoms with van der Waals surface area (Å²) in [6, 6.07) is 55.9. The third-order valence-corrected chi connectivity index (χ3v) is 12.6. The summed E-state index contributed by atoms with van der Waals surface area (Å²) in [4.78, 5) is 14.4. The van der Waals surface area contributed by atoms with E-state index in [2.05, 4.69) is 149 Å². The second-order valence-electron chi connectivity index (χ2n) is 13.9. The molecule has 6 aromatic carbocycles. The van der Waals surface area contributed by atoms with Crippen LogP contribution in [0, 0.1) is 0 Å². The second-order valence-corrected chi connectivity index (χ2v) is 15.3. The molecule has 0 fully saturated rings. The van der Waals surface area contributed by atoms with Crippen LogP contribution in [0.4, 0.5) is 17.1 Å². The summed E-state index contributed by atoms with van der Waals surface area (Å²) in [6.07, 6.45) is 1.83. The summed E-state index contributed by atoms with van der Waals surface area (Å²) in [7, 11) is 0. The van der Waals surface area contributed by atoms with Gasteiger partial charge in [-0.15, -0.1) is 0 Å². The molecule has 2 aliphatic heterocycles. The molecule has 54 heavy (non-hydrogen) atoms. The van der Waals surface area contributed by atoms with Gasteiger partial charge in [-0.3, -0.25) is 4.98 Å². The average Bonchev–Trinajstić information content (AvgIpc) is 3.71. The van der Waals surface area contributed by atoms with Crippen LogP contribution in [0.25, 0.3) is 38.9 Å². The van der Waals surface area contributed by atoms with Crippen molar-refractivity contribution in [2.75, 3.05) is 4.90 Å². The van der Waals surface area contributed by atoms with Crippen LogP contribution in [0.2, 0.25) is 5.15 Å². The normalized spacial score (nSPS) is 16.0. The minimum atomic E-state index is -0.700. The van der Waals surface area contributed by atoms with Crippen molar-refractivity contribution in [2.45, 2.75) is 15.2 Å². The van der Waals surface area contributed by atoms with E-state index in [0.29, 0.717) is 5.15 Å². The Bertz CT molecular complexity index is 3010. The summed E-state index contributed by atoms with van der Waals surface area (Å²) in [5, 5.41) is 2.92. The zero-order valence-corrected chi connectivity index (χ0v) is 30.1. The number of hydrogen-bond acceptors (Lipinski definition) is 5. The molecule has 1 unspecified atom stereocenters. The first-order valence-corrected chi connectivity index (χ1v) is 19.1. The largest absolute Gasteiger partial charge is 0.455 e.